The number of amidine groups is 1. The molecular weight excluding hydrogens is 256 g/mol. The van der Waals surface area contributed by atoms with Crippen LogP contribution < -0.4 is 11.1 Å². The molecule has 0 aliphatic heterocycles. The fourth-order valence-electron chi connectivity index (χ4n) is 3.52. The second-order valence-electron chi connectivity index (χ2n) is 6.74. The highest BCUT2D eigenvalue weighted by atomic mass is 16.4. The number of hydrogen-bond acceptors (Lipinski definition) is 4. The number of carbonyl (C=O) groups is 1. The number of oxime groups is 1. The van der Waals surface area contributed by atoms with Gasteiger partial charge in [-0.1, -0.05) is 12.1 Å². The maximum absolute atomic E-state index is 12.5. The molecule has 0 radical (unpaired) electrons. The molecule has 2 rings (SSSR count). The Hall–Kier alpha value is -1.30. The lowest BCUT2D eigenvalue weighted by molar-refractivity contribution is -0.134. The molecule has 0 unspecified atom stereocenters. The van der Waals surface area contributed by atoms with Gasteiger partial charge in [-0.15, -0.1) is 0 Å². The fourth-order valence-corrected chi connectivity index (χ4v) is 3.52. The van der Waals surface area contributed by atoms with Crippen molar-refractivity contribution in [2.24, 2.45) is 22.2 Å². The van der Waals surface area contributed by atoms with Crippen LogP contribution >= 0.6 is 0 Å². The van der Waals surface area contributed by atoms with Gasteiger partial charge in [0.2, 0.25) is 5.91 Å². The monoisotopic (exact) mass is 282 g/mol. The Labute approximate surface area is 120 Å². The first-order chi connectivity index (χ1) is 9.36. The van der Waals surface area contributed by atoms with Gasteiger partial charge in [0.05, 0.1) is 0 Å². The van der Waals surface area contributed by atoms with Crippen molar-refractivity contribution >= 4 is 11.7 Å². The molecule has 0 heterocycles. The van der Waals surface area contributed by atoms with E-state index in [4.69, 9.17) is 10.9 Å². The minimum atomic E-state index is -0.800. The largest absolute Gasteiger partial charge is 0.409 e. The van der Waals surface area contributed by atoms with Gasteiger partial charge in [0.1, 0.15) is 5.41 Å². The Morgan fingerprint density at radius 2 is 2.05 bits per heavy atom. The van der Waals surface area contributed by atoms with E-state index in [9.17, 15) is 4.79 Å². The van der Waals surface area contributed by atoms with E-state index < -0.39 is 5.41 Å². The summed E-state index contributed by atoms with van der Waals surface area (Å²) in [7, 11) is 4.10. The maximum Gasteiger partial charge on any atom is 0.234 e. The summed E-state index contributed by atoms with van der Waals surface area (Å²) in [5, 5.41) is 15.0. The third-order valence-corrected chi connectivity index (χ3v) is 5.24. The van der Waals surface area contributed by atoms with Crippen LogP contribution in [0.25, 0.3) is 0 Å². The highest BCUT2D eigenvalue weighted by molar-refractivity contribution is 6.07. The van der Waals surface area contributed by atoms with Gasteiger partial charge in [0, 0.05) is 12.1 Å². The molecular formula is C14H26N4O2. The Morgan fingerprint density at radius 3 is 2.40 bits per heavy atom. The summed E-state index contributed by atoms with van der Waals surface area (Å²) in [5.74, 6) is 0.382. The smallest absolute Gasteiger partial charge is 0.234 e. The number of likely N-dealkylation sites (N-methyl/N-ethyl adjacent to an activating group) is 1. The Balaban J connectivity index is 2.00. The van der Waals surface area contributed by atoms with Gasteiger partial charge in [0.15, 0.2) is 5.84 Å². The first-order valence-corrected chi connectivity index (χ1v) is 7.30. The third-order valence-electron chi connectivity index (χ3n) is 5.24. The van der Waals surface area contributed by atoms with Crippen LogP contribution in [0.2, 0.25) is 0 Å². The second kappa shape index (κ2) is 5.24. The average molecular weight is 282 g/mol. The van der Waals surface area contributed by atoms with E-state index in [0.29, 0.717) is 25.3 Å². The number of hydrogen-bond donors (Lipinski definition) is 3. The van der Waals surface area contributed by atoms with Crippen molar-refractivity contribution in [3.63, 3.8) is 0 Å². The normalized spacial score (nSPS) is 32.4. The standard InChI is InChI=1S/C14H26N4O2/c1-10-7-14(8-10,11(15)17-20)12(19)16-9-13(18(2)3)5-4-6-13/h10,20H,4-9H2,1-3H3,(H2,15,17)(H,16,19). The average Bonchev–Trinajstić information content (AvgIpc) is 2.31. The first-order valence-electron chi connectivity index (χ1n) is 7.30. The van der Waals surface area contributed by atoms with Crippen LogP contribution in [-0.4, -0.2) is 48.0 Å². The van der Waals surface area contributed by atoms with Gasteiger partial charge in [-0.25, -0.2) is 0 Å². The van der Waals surface area contributed by atoms with Crippen molar-refractivity contribution in [3.8, 4) is 0 Å². The zero-order valence-corrected chi connectivity index (χ0v) is 12.6. The van der Waals surface area contributed by atoms with Crippen molar-refractivity contribution in [3.05, 3.63) is 0 Å². The molecule has 6 nitrogen and oxygen atoms in total. The van der Waals surface area contributed by atoms with Crippen LogP contribution in [0, 0.1) is 11.3 Å². The quantitative estimate of drug-likeness (QED) is 0.300. The van der Waals surface area contributed by atoms with Crippen molar-refractivity contribution in [1.82, 2.24) is 10.2 Å². The van der Waals surface area contributed by atoms with Crippen LogP contribution in [0.4, 0.5) is 0 Å². The number of nitrogens with two attached hydrogens (primary N) is 1. The molecule has 0 spiro atoms. The van der Waals surface area contributed by atoms with E-state index in [0.717, 1.165) is 12.8 Å². The van der Waals surface area contributed by atoms with Gasteiger partial charge in [-0.2, -0.15) is 0 Å². The van der Waals surface area contributed by atoms with E-state index in [1.807, 2.05) is 0 Å². The van der Waals surface area contributed by atoms with E-state index in [1.165, 1.54) is 6.42 Å². The highest BCUT2D eigenvalue weighted by Crippen LogP contribution is 2.46. The summed E-state index contributed by atoms with van der Waals surface area (Å²) in [6.45, 7) is 2.71. The molecule has 0 aromatic carbocycles. The van der Waals surface area contributed by atoms with Crippen LogP contribution in [0.3, 0.4) is 0 Å². The molecule has 114 valence electrons. The van der Waals surface area contributed by atoms with Crippen molar-refractivity contribution in [2.75, 3.05) is 20.6 Å². The zero-order valence-electron chi connectivity index (χ0n) is 12.6. The predicted octanol–water partition coefficient (Wildman–Crippen LogP) is 0.750. The Bertz CT molecular complexity index is 409. The summed E-state index contributed by atoms with van der Waals surface area (Å²) in [6, 6.07) is 0. The second-order valence-corrected chi connectivity index (χ2v) is 6.74. The van der Waals surface area contributed by atoms with E-state index in [1.54, 1.807) is 0 Å². The lowest BCUT2D eigenvalue weighted by atomic mass is 9.61. The molecule has 2 saturated carbocycles. The zero-order chi connectivity index (χ0) is 15.0. The van der Waals surface area contributed by atoms with E-state index in [2.05, 4.69) is 36.4 Å². The molecule has 1 amide bonds. The lowest BCUT2D eigenvalue weighted by Crippen LogP contribution is -2.62. The predicted molar refractivity (Wildman–Crippen MR) is 77.5 cm³/mol. The molecule has 2 aliphatic rings. The molecule has 0 aromatic rings. The SMILES string of the molecule is CC1CC(C(=O)NCC2(N(C)C)CCC2)(C(N)=NO)C1. The third kappa shape index (κ3) is 2.26. The van der Waals surface area contributed by atoms with Gasteiger partial charge in [-0.05, 0) is 52.1 Å². The van der Waals surface area contributed by atoms with Gasteiger partial charge in [-0.3, -0.25) is 4.79 Å². The molecule has 0 aromatic heterocycles. The molecule has 2 fully saturated rings. The Morgan fingerprint density at radius 1 is 1.45 bits per heavy atom. The first kappa shape index (κ1) is 15.1. The molecule has 0 atom stereocenters. The summed E-state index contributed by atoms with van der Waals surface area (Å²) in [4.78, 5) is 14.7. The lowest BCUT2D eigenvalue weighted by Gasteiger charge is -2.49. The summed E-state index contributed by atoms with van der Waals surface area (Å²) < 4.78 is 0. The molecule has 6 heteroatoms. The number of nitrogens with one attached hydrogen (secondary N) is 1. The number of carbonyl (C=O) groups excluding carboxylic acids is 1. The van der Waals surface area contributed by atoms with Crippen molar-refractivity contribution < 1.29 is 10.0 Å². The number of nitrogens with zero attached hydrogens (tertiary/aromatic N) is 2. The molecule has 4 N–H and O–H groups in total. The Kier molecular flexibility index (Phi) is 3.95. The summed E-state index contributed by atoms with van der Waals surface area (Å²) >= 11 is 0. The van der Waals surface area contributed by atoms with Crippen molar-refractivity contribution in [1.29, 1.82) is 0 Å². The van der Waals surface area contributed by atoms with E-state index in [-0.39, 0.29) is 17.3 Å². The highest BCUT2D eigenvalue weighted by Gasteiger charge is 2.52. The number of amides is 1. The maximum atomic E-state index is 12.5. The van der Waals surface area contributed by atoms with E-state index >= 15 is 0 Å². The summed E-state index contributed by atoms with van der Waals surface area (Å²) in [6.07, 6.45) is 4.73. The number of rotatable bonds is 5. The minimum Gasteiger partial charge on any atom is -0.409 e. The van der Waals surface area contributed by atoms with Gasteiger partial charge < -0.3 is 21.2 Å². The van der Waals surface area contributed by atoms with Crippen LogP contribution in [-0.2, 0) is 4.79 Å². The minimum absolute atomic E-state index is 0.0422. The van der Waals surface area contributed by atoms with Crippen LogP contribution in [0.15, 0.2) is 5.16 Å². The van der Waals surface area contributed by atoms with Gasteiger partial charge in [0.25, 0.3) is 0 Å². The molecule has 20 heavy (non-hydrogen) atoms. The topological polar surface area (TPSA) is 91.0 Å². The van der Waals surface area contributed by atoms with Crippen molar-refractivity contribution in [2.45, 2.75) is 44.6 Å². The summed E-state index contributed by atoms with van der Waals surface area (Å²) in [5.41, 5.74) is 5.03. The molecule has 2 aliphatic carbocycles. The van der Waals surface area contributed by atoms with Gasteiger partial charge >= 0.3 is 0 Å². The fraction of sp³-hybridized carbons (Fsp3) is 0.857. The van der Waals surface area contributed by atoms with Crippen LogP contribution in [0.5, 0.6) is 0 Å². The molecule has 0 bridgehead atoms. The molecule has 0 saturated heterocycles. The van der Waals surface area contributed by atoms with Crippen LogP contribution in [0.1, 0.15) is 39.0 Å².